The highest BCUT2D eigenvalue weighted by atomic mass is 32.1. The largest absolute Gasteiger partial charge is 0.494 e. The SMILES string of the molecule is CCOC(=O)Cc1csc(NC(=O)CCC(=O)c2ccc(OCC)cc2)n1. The molecule has 0 spiro atoms. The Hall–Kier alpha value is -2.74. The number of hydrogen-bond donors (Lipinski definition) is 1. The summed E-state index contributed by atoms with van der Waals surface area (Å²) in [6.45, 7) is 4.50. The van der Waals surface area contributed by atoms with Gasteiger partial charge in [-0.05, 0) is 38.1 Å². The fourth-order valence-electron chi connectivity index (χ4n) is 2.26. The number of nitrogens with zero attached hydrogens (tertiary/aromatic N) is 1. The predicted molar refractivity (Wildman–Crippen MR) is 102 cm³/mol. The monoisotopic (exact) mass is 390 g/mol. The zero-order valence-electron chi connectivity index (χ0n) is 15.3. The fourth-order valence-corrected chi connectivity index (χ4v) is 2.99. The van der Waals surface area contributed by atoms with Gasteiger partial charge in [0.25, 0.3) is 0 Å². The van der Waals surface area contributed by atoms with Crippen molar-refractivity contribution in [1.82, 2.24) is 4.98 Å². The maximum Gasteiger partial charge on any atom is 0.311 e. The molecule has 0 fully saturated rings. The third kappa shape index (κ3) is 6.82. The van der Waals surface area contributed by atoms with Gasteiger partial charge < -0.3 is 14.8 Å². The van der Waals surface area contributed by atoms with Gasteiger partial charge in [0.15, 0.2) is 10.9 Å². The van der Waals surface area contributed by atoms with E-state index in [1.165, 1.54) is 11.3 Å². The van der Waals surface area contributed by atoms with Crippen LogP contribution in [0.4, 0.5) is 5.13 Å². The van der Waals surface area contributed by atoms with E-state index in [1.54, 1.807) is 36.6 Å². The first-order valence-electron chi connectivity index (χ1n) is 8.67. The van der Waals surface area contributed by atoms with Crippen LogP contribution < -0.4 is 10.1 Å². The van der Waals surface area contributed by atoms with E-state index >= 15 is 0 Å². The first-order chi connectivity index (χ1) is 13.0. The summed E-state index contributed by atoms with van der Waals surface area (Å²) in [5.41, 5.74) is 1.08. The van der Waals surface area contributed by atoms with Crippen molar-refractivity contribution in [3.05, 3.63) is 40.9 Å². The van der Waals surface area contributed by atoms with Gasteiger partial charge in [-0.1, -0.05) is 0 Å². The van der Waals surface area contributed by atoms with E-state index in [2.05, 4.69) is 10.3 Å². The minimum Gasteiger partial charge on any atom is -0.494 e. The summed E-state index contributed by atoms with van der Waals surface area (Å²) in [7, 11) is 0. The molecule has 1 heterocycles. The van der Waals surface area contributed by atoms with Crippen LogP contribution in [0, 0.1) is 0 Å². The minimum atomic E-state index is -0.360. The molecule has 144 valence electrons. The van der Waals surface area contributed by atoms with Crippen molar-refractivity contribution in [2.75, 3.05) is 18.5 Å². The first-order valence-corrected chi connectivity index (χ1v) is 9.55. The maximum atomic E-state index is 12.2. The van der Waals surface area contributed by atoms with E-state index < -0.39 is 0 Å². The lowest BCUT2D eigenvalue weighted by Crippen LogP contribution is -2.13. The van der Waals surface area contributed by atoms with Crippen LogP contribution in [-0.2, 0) is 20.7 Å². The zero-order valence-corrected chi connectivity index (χ0v) is 16.1. The van der Waals surface area contributed by atoms with Crippen LogP contribution in [0.3, 0.4) is 0 Å². The molecule has 2 rings (SSSR count). The lowest BCUT2D eigenvalue weighted by atomic mass is 10.1. The second-order valence-electron chi connectivity index (χ2n) is 5.55. The van der Waals surface area contributed by atoms with Gasteiger partial charge in [-0.3, -0.25) is 14.4 Å². The molecule has 7 nitrogen and oxygen atoms in total. The quantitative estimate of drug-likeness (QED) is 0.494. The number of benzene rings is 1. The molecule has 0 aliphatic heterocycles. The third-order valence-corrected chi connectivity index (χ3v) is 4.30. The number of Topliss-reactive ketones (excluding diaryl/α,β-unsaturated/α-hetero) is 1. The third-order valence-electron chi connectivity index (χ3n) is 3.50. The Morgan fingerprint density at radius 3 is 2.48 bits per heavy atom. The van der Waals surface area contributed by atoms with Gasteiger partial charge in [0.2, 0.25) is 5.91 Å². The molecule has 0 radical (unpaired) electrons. The van der Waals surface area contributed by atoms with Gasteiger partial charge in [-0.25, -0.2) is 4.98 Å². The Morgan fingerprint density at radius 2 is 1.81 bits per heavy atom. The highest BCUT2D eigenvalue weighted by molar-refractivity contribution is 7.13. The predicted octanol–water partition coefficient (Wildman–Crippen LogP) is 3.25. The van der Waals surface area contributed by atoms with Crippen molar-refractivity contribution in [1.29, 1.82) is 0 Å². The van der Waals surface area contributed by atoms with Crippen molar-refractivity contribution < 1.29 is 23.9 Å². The number of thiazole rings is 1. The highest BCUT2D eigenvalue weighted by Gasteiger charge is 2.13. The lowest BCUT2D eigenvalue weighted by Gasteiger charge is -2.05. The first kappa shape index (κ1) is 20.6. The highest BCUT2D eigenvalue weighted by Crippen LogP contribution is 2.17. The molecule has 0 saturated heterocycles. The molecule has 0 aliphatic carbocycles. The molecule has 0 aliphatic rings. The molecule has 0 atom stereocenters. The van der Waals surface area contributed by atoms with E-state index in [0.717, 1.165) is 0 Å². The van der Waals surface area contributed by atoms with E-state index in [0.29, 0.717) is 35.4 Å². The van der Waals surface area contributed by atoms with Gasteiger partial charge in [0.1, 0.15) is 5.75 Å². The summed E-state index contributed by atoms with van der Waals surface area (Å²) in [5.74, 6) is -0.0718. The van der Waals surface area contributed by atoms with Gasteiger partial charge in [0, 0.05) is 23.8 Å². The molecule has 8 heteroatoms. The standard InChI is InChI=1S/C19H22N2O5S/c1-3-25-15-7-5-13(6-8-15)16(22)9-10-17(23)21-19-20-14(12-27-19)11-18(24)26-4-2/h5-8,12H,3-4,9-11H2,1-2H3,(H,20,21,23). The maximum absolute atomic E-state index is 12.2. The molecule has 1 aromatic carbocycles. The van der Waals surface area contributed by atoms with Crippen LogP contribution >= 0.6 is 11.3 Å². The van der Waals surface area contributed by atoms with Crippen LogP contribution in [0.5, 0.6) is 5.75 Å². The summed E-state index contributed by atoms with van der Waals surface area (Å²) < 4.78 is 10.2. The minimum absolute atomic E-state index is 0.0544. The Labute approximate surface area is 161 Å². The van der Waals surface area contributed by atoms with Crippen LogP contribution in [0.1, 0.15) is 42.7 Å². The number of carbonyl (C=O) groups is 3. The van der Waals surface area contributed by atoms with Gasteiger partial charge >= 0.3 is 5.97 Å². The van der Waals surface area contributed by atoms with Gasteiger partial charge in [-0.15, -0.1) is 11.3 Å². The number of rotatable bonds is 10. The number of nitrogens with one attached hydrogen (secondary N) is 1. The van der Waals surface area contributed by atoms with E-state index in [1.807, 2.05) is 6.92 Å². The molecule has 0 saturated carbocycles. The molecule has 0 unspecified atom stereocenters. The summed E-state index contributed by atoms with van der Waals surface area (Å²) in [6, 6.07) is 6.84. The number of hydrogen-bond acceptors (Lipinski definition) is 7. The molecule has 1 N–H and O–H groups in total. The Morgan fingerprint density at radius 1 is 1.07 bits per heavy atom. The number of aromatic nitrogens is 1. The number of amides is 1. The summed E-state index contributed by atoms with van der Waals surface area (Å²) >= 11 is 1.23. The smallest absolute Gasteiger partial charge is 0.311 e. The van der Waals surface area contributed by atoms with Gasteiger partial charge in [-0.2, -0.15) is 0 Å². The van der Waals surface area contributed by atoms with Crippen molar-refractivity contribution in [3.8, 4) is 5.75 Å². The average Bonchev–Trinajstić information content (AvgIpc) is 3.07. The summed E-state index contributed by atoms with van der Waals surface area (Å²) in [4.78, 5) is 39.8. The molecule has 2 aromatic rings. The Bertz CT molecular complexity index is 786. The molecular formula is C19H22N2O5S. The van der Waals surface area contributed by atoms with E-state index in [4.69, 9.17) is 9.47 Å². The number of ketones is 1. The van der Waals surface area contributed by atoms with Crippen LogP contribution in [0.15, 0.2) is 29.6 Å². The van der Waals surface area contributed by atoms with Crippen LogP contribution in [0.25, 0.3) is 0 Å². The number of ether oxygens (including phenoxy) is 2. The summed E-state index contributed by atoms with van der Waals surface area (Å²) in [5, 5.41) is 4.73. The zero-order chi connectivity index (χ0) is 19.6. The number of carbonyl (C=O) groups excluding carboxylic acids is 3. The normalized spacial score (nSPS) is 10.3. The van der Waals surface area contributed by atoms with Crippen LogP contribution in [0.2, 0.25) is 0 Å². The number of esters is 1. The molecule has 0 bridgehead atoms. The van der Waals surface area contributed by atoms with Crippen molar-refractivity contribution in [2.24, 2.45) is 0 Å². The van der Waals surface area contributed by atoms with Crippen molar-refractivity contribution in [2.45, 2.75) is 33.1 Å². The second kappa shape index (κ2) is 10.4. The van der Waals surface area contributed by atoms with Gasteiger partial charge in [0.05, 0.1) is 25.3 Å². The average molecular weight is 390 g/mol. The molecule has 27 heavy (non-hydrogen) atoms. The summed E-state index contributed by atoms with van der Waals surface area (Å²) in [6.07, 6.45) is 0.218. The number of anilines is 1. The molecule has 1 amide bonds. The Balaban J connectivity index is 1.79. The Kier molecular flexibility index (Phi) is 7.94. The van der Waals surface area contributed by atoms with E-state index in [9.17, 15) is 14.4 Å². The van der Waals surface area contributed by atoms with Crippen molar-refractivity contribution in [3.63, 3.8) is 0 Å². The van der Waals surface area contributed by atoms with Crippen LogP contribution in [-0.4, -0.2) is 35.9 Å². The van der Waals surface area contributed by atoms with Crippen molar-refractivity contribution >= 4 is 34.1 Å². The second-order valence-corrected chi connectivity index (χ2v) is 6.41. The molecule has 1 aromatic heterocycles. The lowest BCUT2D eigenvalue weighted by molar-refractivity contribution is -0.142. The molecular weight excluding hydrogens is 368 g/mol. The topological polar surface area (TPSA) is 94.6 Å². The van der Waals surface area contributed by atoms with E-state index in [-0.39, 0.29) is 36.9 Å². The fraction of sp³-hybridized carbons (Fsp3) is 0.368.